The highest BCUT2D eigenvalue weighted by Crippen LogP contribution is 2.15. The number of hydrogen-bond donors (Lipinski definition) is 2. The molecule has 13 heavy (non-hydrogen) atoms. The van der Waals surface area contributed by atoms with E-state index in [0.717, 1.165) is 30.8 Å². The Bertz CT molecular complexity index is 281. The van der Waals surface area contributed by atoms with Crippen LogP contribution in [0, 0.1) is 0 Å². The van der Waals surface area contributed by atoms with Crippen molar-refractivity contribution in [2.24, 2.45) is 0 Å². The van der Waals surface area contributed by atoms with E-state index in [4.69, 9.17) is 5.11 Å². The van der Waals surface area contributed by atoms with Gasteiger partial charge < -0.3 is 10.4 Å². The number of nitrogens with one attached hydrogen (secondary N) is 1. The maximum absolute atomic E-state index is 9.10. The summed E-state index contributed by atoms with van der Waals surface area (Å²) in [4.78, 5) is 4.13. The Balaban J connectivity index is 0.000000720. The van der Waals surface area contributed by atoms with E-state index < -0.39 is 0 Å². The molecule has 0 unspecified atom stereocenters. The van der Waals surface area contributed by atoms with E-state index in [2.05, 4.69) is 10.3 Å². The molecule has 0 aliphatic carbocycles. The van der Waals surface area contributed by atoms with Crippen LogP contribution in [-0.4, -0.2) is 16.6 Å². The van der Waals surface area contributed by atoms with Crippen molar-refractivity contribution < 1.29 is 5.11 Å². The lowest BCUT2D eigenvalue weighted by molar-refractivity contribution is 0.468. The quantitative estimate of drug-likeness (QED) is 0.696. The maximum atomic E-state index is 9.10. The summed E-state index contributed by atoms with van der Waals surface area (Å²) in [6.45, 7) is 1.82. The van der Waals surface area contributed by atoms with Gasteiger partial charge in [-0.2, -0.15) is 0 Å². The fourth-order valence-electron chi connectivity index (χ4n) is 1.33. The van der Waals surface area contributed by atoms with Crippen molar-refractivity contribution in [3.63, 3.8) is 0 Å². The molecule has 0 fully saturated rings. The van der Waals surface area contributed by atoms with Crippen LogP contribution in [0.15, 0.2) is 12.3 Å². The van der Waals surface area contributed by atoms with E-state index in [9.17, 15) is 0 Å². The third-order valence-corrected chi connectivity index (χ3v) is 1.90. The number of pyridine rings is 1. The van der Waals surface area contributed by atoms with Crippen LogP contribution in [0.1, 0.15) is 11.3 Å². The standard InChI is InChI=1S/C8H10N2O.2ClH/c11-7-3-6-4-9-2-1-8(6)10-5-7;;/h3,5,9,11H,1-2,4H2;2*1H. The number of rotatable bonds is 0. The second-order valence-corrected chi connectivity index (χ2v) is 2.73. The van der Waals surface area contributed by atoms with Gasteiger partial charge in [-0.3, -0.25) is 4.98 Å². The van der Waals surface area contributed by atoms with E-state index in [-0.39, 0.29) is 30.6 Å². The van der Waals surface area contributed by atoms with Crippen LogP contribution >= 0.6 is 24.8 Å². The number of hydrogen-bond acceptors (Lipinski definition) is 3. The van der Waals surface area contributed by atoms with Gasteiger partial charge in [-0.25, -0.2) is 0 Å². The first-order chi connectivity index (χ1) is 5.36. The van der Waals surface area contributed by atoms with E-state index >= 15 is 0 Å². The molecule has 0 spiro atoms. The lowest BCUT2D eigenvalue weighted by Gasteiger charge is -2.15. The van der Waals surface area contributed by atoms with Crippen LogP contribution < -0.4 is 5.32 Å². The van der Waals surface area contributed by atoms with Crippen LogP contribution in [-0.2, 0) is 13.0 Å². The number of nitrogens with zero attached hydrogens (tertiary/aromatic N) is 1. The Morgan fingerprint density at radius 1 is 1.38 bits per heavy atom. The lowest BCUT2D eigenvalue weighted by Crippen LogP contribution is -2.24. The van der Waals surface area contributed by atoms with E-state index in [1.165, 1.54) is 6.20 Å². The Hall–Kier alpha value is -0.510. The fraction of sp³-hybridized carbons (Fsp3) is 0.375. The van der Waals surface area contributed by atoms with Gasteiger partial charge in [0.25, 0.3) is 0 Å². The zero-order chi connectivity index (χ0) is 7.68. The first kappa shape index (κ1) is 12.5. The molecule has 0 radical (unpaired) electrons. The van der Waals surface area contributed by atoms with Crippen molar-refractivity contribution in [3.8, 4) is 5.75 Å². The zero-order valence-corrected chi connectivity index (χ0v) is 8.62. The summed E-state index contributed by atoms with van der Waals surface area (Å²) in [6, 6.07) is 1.77. The van der Waals surface area contributed by atoms with Crippen molar-refractivity contribution in [1.82, 2.24) is 10.3 Å². The molecule has 2 heterocycles. The molecule has 0 atom stereocenters. The topological polar surface area (TPSA) is 45.2 Å². The van der Waals surface area contributed by atoms with Crippen molar-refractivity contribution in [2.75, 3.05) is 6.54 Å². The molecule has 0 saturated heterocycles. The van der Waals surface area contributed by atoms with Gasteiger partial charge in [0.05, 0.1) is 6.20 Å². The first-order valence-corrected chi connectivity index (χ1v) is 3.74. The van der Waals surface area contributed by atoms with E-state index in [1.54, 1.807) is 6.07 Å². The second-order valence-electron chi connectivity index (χ2n) is 2.73. The Labute approximate surface area is 89.4 Å². The Morgan fingerprint density at radius 2 is 2.15 bits per heavy atom. The Kier molecular flexibility index (Phi) is 5.06. The Morgan fingerprint density at radius 3 is 2.92 bits per heavy atom. The normalized spacial score (nSPS) is 13.5. The molecular weight excluding hydrogens is 211 g/mol. The number of aromatic nitrogens is 1. The average molecular weight is 223 g/mol. The summed E-state index contributed by atoms with van der Waals surface area (Å²) >= 11 is 0. The summed E-state index contributed by atoms with van der Waals surface area (Å²) < 4.78 is 0. The monoisotopic (exact) mass is 222 g/mol. The van der Waals surface area contributed by atoms with Gasteiger partial charge in [-0.15, -0.1) is 24.8 Å². The van der Waals surface area contributed by atoms with Gasteiger partial charge in [-0.1, -0.05) is 0 Å². The van der Waals surface area contributed by atoms with Gasteiger partial charge in [-0.05, 0) is 11.6 Å². The van der Waals surface area contributed by atoms with E-state index in [1.807, 2.05) is 0 Å². The molecule has 2 N–H and O–H groups in total. The van der Waals surface area contributed by atoms with Gasteiger partial charge in [0.1, 0.15) is 5.75 Å². The van der Waals surface area contributed by atoms with Crippen LogP contribution in [0.2, 0.25) is 0 Å². The predicted molar refractivity (Wildman–Crippen MR) is 55.8 cm³/mol. The summed E-state index contributed by atoms with van der Waals surface area (Å²) in [5.74, 6) is 0.257. The molecule has 3 nitrogen and oxygen atoms in total. The fourth-order valence-corrected chi connectivity index (χ4v) is 1.33. The third kappa shape index (κ3) is 2.72. The van der Waals surface area contributed by atoms with Crippen LogP contribution in [0.5, 0.6) is 5.75 Å². The molecule has 1 aliphatic heterocycles. The number of halogens is 2. The summed E-state index contributed by atoms with van der Waals surface area (Å²) in [6.07, 6.45) is 2.47. The average Bonchev–Trinajstić information content (AvgIpc) is 2.04. The number of fused-ring (bicyclic) bond motifs is 1. The highest BCUT2D eigenvalue weighted by molar-refractivity contribution is 5.85. The molecule has 5 heteroatoms. The maximum Gasteiger partial charge on any atom is 0.134 e. The summed E-state index contributed by atoms with van der Waals surface area (Å²) in [5.41, 5.74) is 2.23. The molecule has 1 aromatic rings. The van der Waals surface area contributed by atoms with Crippen LogP contribution in [0.4, 0.5) is 0 Å². The van der Waals surface area contributed by atoms with Crippen molar-refractivity contribution >= 4 is 24.8 Å². The predicted octanol–water partition coefficient (Wildman–Crippen LogP) is 1.28. The van der Waals surface area contributed by atoms with Gasteiger partial charge in [0.2, 0.25) is 0 Å². The van der Waals surface area contributed by atoms with Gasteiger partial charge >= 0.3 is 0 Å². The summed E-state index contributed by atoms with van der Waals surface area (Å²) in [7, 11) is 0. The van der Waals surface area contributed by atoms with Gasteiger partial charge in [0, 0.05) is 25.2 Å². The van der Waals surface area contributed by atoms with Gasteiger partial charge in [0.15, 0.2) is 0 Å². The SMILES string of the molecule is Cl.Cl.Oc1cnc2c(c1)CNCC2. The van der Waals surface area contributed by atoms with Crippen LogP contribution in [0.25, 0.3) is 0 Å². The minimum atomic E-state index is 0. The van der Waals surface area contributed by atoms with Crippen molar-refractivity contribution in [3.05, 3.63) is 23.5 Å². The highest BCUT2D eigenvalue weighted by atomic mass is 35.5. The molecule has 0 saturated carbocycles. The minimum absolute atomic E-state index is 0. The molecule has 2 rings (SSSR count). The highest BCUT2D eigenvalue weighted by Gasteiger charge is 2.09. The third-order valence-electron chi connectivity index (χ3n) is 1.90. The second kappa shape index (κ2) is 5.27. The molecule has 1 aliphatic rings. The van der Waals surface area contributed by atoms with E-state index in [0.29, 0.717) is 0 Å². The molecule has 1 aromatic heterocycles. The van der Waals surface area contributed by atoms with Crippen LogP contribution in [0.3, 0.4) is 0 Å². The molecule has 0 bridgehead atoms. The molecule has 0 aromatic carbocycles. The zero-order valence-electron chi connectivity index (χ0n) is 6.99. The molecule has 74 valence electrons. The van der Waals surface area contributed by atoms with Crippen molar-refractivity contribution in [1.29, 1.82) is 0 Å². The van der Waals surface area contributed by atoms with Crippen molar-refractivity contribution in [2.45, 2.75) is 13.0 Å². The first-order valence-electron chi connectivity index (χ1n) is 3.74. The lowest BCUT2D eigenvalue weighted by atomic mass is 10.1. The summed E-state index contributed by atoms with van der Waals surface area (Å²) in [5, 5.41) is 12.3. The minimum Gasteiger partial charge on any atom is -0.506 e. The molecule has 0 amide bonds. The number of aromatic hydroxyl groups is 1. The largest absolute Gasteiger partial charge is 0.506 e. The molecular formula is C8H12Cl2N2O. The smallest absolute Gasteiger partial charge is 0.134 e.